The molecular formula is C24H30N6O4S. The molecule has 3 amide bonds. The van der Waals surface area contributed by atoms with E-state index in [2.05, 4.69) is 37.4 Å². The van der Waals surface area contributed by atoms with Gasteiger partial charge in [0.2, 0.25) is 11.8 Å². The van der Waals surface area contributed by atoms with Gasteiger partial charge in [-0.2, -0.15) is 0 Å². The predicted molar refractivity (Wildman–Crippen MR) is 130 cm³/mol. The Labute approximate surface area is 207 Å². The molecule has 10 nitrogen and oxygen atoms in total. The summed E-state index contributed by atoms with van der Waals surface area (Å²) in [5.74, 6) is 0.196. The minimum absolute atomic E-state index is 0.0155. The number of amides is 3. The van der Waals surface area contributed by atoms with Crippen LogP contribution in [-0.2, 0) is 19.7 Å². The maximum absolute atomic E-state index is 13.4. The summed E-state index contributed by atoms with van der Waals surface area (Å²) >= 11 is 1.15. The molecule has 2 aromatic heterocycles. The number of anilines is 2. The number of fused-ring (bicyclic) bond motifs is 2. The summed E-state index contributed by atoms with van der Waals surface area (Å²) in [7, 11) is 0. The van der Waals surface area contributed by atoms with E-state index in [-0.39, 0.29) is 23.4 Å². The number of aryl methyl sites for hydroxylation is 1. The van der Waals surface area contributed by atoms with Crippen molar-refractivity contribution in [3.8, 4) is 0 Å². The first-order chi connectivity index (χ1) is 16.9. The fraction of sp³-hybridized carbons (Fsp3) is 0.583. The van der Waals surface area contributed by atoms with Crippen molar-refractivity contribution < 1.29 is 19.1 Å². The molecule has 2 fully saturated rings. The van der Waals surface area contributed by atoms with E-state index in [9.17, 15) is 14.4 Å². The van der Waals surface area contributed by atoms with Crippen LogP contribution in [0.4, 0.5) is 11.5 Å². The third-order valence-electron chi connectivity index (χ3n) is 7.67. The molecule has 1 saturated carbocycles. The van der Waals surface area contributed by atoms with E-state index in [1.807, 2.05) is 0 Å². The monoisotopic (exact) mass is 498 g/mol. The topological polar surface area (TPSA) is 135 Å². The Kier molecular flexibility index (Phi) is 6.54. The second kappa shape index (κ2) is 9.62. The number of hydrogen-bond donors (Lipinski definition) is 3. The molecule has 2 aliphatic heterocycles. The molecule has 1 atom stereocenters. The zero-order valence-electron chi connectivity index (χ0n) is 19.9. The molecule has 1 saturated heterocycles. The van der Waals surface area contributed by atoms with E-state index in [1.54, 1.807) is 19.2 Å². The van der Waals surface area contributed by atoms with Crippen molar-refractivity contribution in [2.24, 2.45) is 11.8 Å². The lowest BCUT2D eigenvalue weighted by molar-refractivity contribution is -0.124. The van der Waals surface area contributed by atoms with Gasteiger partial charge in [0.25, 0.3) is 5.91 Å². The van der Waals surface area contributed by atoms with Crippen LogP contribution in [0.25, 0.3) is 0 Å². The molecule has 0 radical (unpaired) electrons. The smallest absolute Gasteiger partial charge is 0.273 e. The fourth-order valence-corrected chi connectivity index (χ4v) is 5.93. The molecule has 186 valence electrons. The minimum atomic E-state index is -0.720. The van der Waals surface area contributed by atoms with E-state index in [1.165, 1.54) is 0 Å². The molecule has 2 aromatic rings. The summed E-state index contributed by atoms with van der Waals surface area (Å²) in [4.78, 5) is 44.3. The number of rotatable bonds is 5. The zero-order chi connectivity index (χ0) is 24.6. The maximum Gasteiger partial charge on any atom is 0.273 e. The van der Waals surface area contributed by atoms with Gasteiger partial charge < -0.3 is 20.7 Å². The molecule has 5 rings (SSSR count). The van der Waals surface area contributed by atoms with Crippen molar-refractivity contribution in [3.05, 3.63) is 28.4 Å². The lowest BCUT2D eigenvalue weighted by Gasteiger charge is -2.32. The number of hydrogen-bond acceptors (Lipinski definition) is 8. The largest absolute Gasteiger partial charge is 0.381 e. The zero-order valence-corrected chi connectivity index (χ0v) is 20.7. The summed E-state index contributed by atoms with van der Waals surface area (Å²) in [5.41, 5.74) is 1.15. The molecule has 4 heterocycles. The Morgan fingerprint density at radius 3 is 2.66 bits per heavy atom. The van der Waals surface area contributed by atoms with Crippen LogP contribution in [0.2, 0.25) is 0 Å². The predicted octanol–water partition coefficient (Wildman–Crippen LogP) is 2.81. The van der Waals surface area contributed by atoms with Gasteiger partial charge in [0, 0.05) is 31.0 Å². The average molecular weight is 499 g/mol. The SMILES string of the molecule is Cc1snnc1C(=O)N[C@H](C(=O)Nc1cc2c(cn1)C1(CCOCC1)C(=O)N2)C1CCC(C)CC1. The number of ether oxygens (including phenoxy) is 1. The third-order valence-corrected chi connectivity index (χ3v) is 8.30. The lowest BCUT2D eigenvalue weighted by Crippen LogP contribution is -2.49. The highest BCUT2D eigenvalue weighted by atomic mass is 32.1. The quantitative estimate of drug-likeness (QED) is 0.577. The fourth-order valence-electron chi connectivity index (χ4n) is 5.46. The van der Waals surface area contributed by atoms with Crippen LogP contribution < -0.4 is 16.0 Å². The Morgan fingerprint density at radius 1 is 1.23 bits per heavy atom. The number of nitrogens with one attached hydrogen (secondary N) is 3. The van der Waals surface area contributed by atoms with Crippen molar-refractivity contribution in [1.82, 2.24) is 19.9 Å². The van der Waals surface area contributed by atoms with E-state index in [0.29, 0.717) is 48.4 Å². The maximum atomic E-state index is 13.4. The van der Waals surface area contributed by atoms with Gasteiger partial charge in [0.1, 0.15) is 11.9 Å². The van der Waals surface area contributed by atoms with Crippen molar-refractivity contribution >= 4 is 40.8 Å². The molecule has 11 heteroatoms. The van der Waals surface area contributed by atoms with Gasteiger partial charge in [-0.15, -0.1) is 5.10 Å². The normalized spacial score (nSPS) is 23.9. The molecule has 0 bridgehead atoms. The van der Waals surface area contributed by atoms with E-state index >= 15 is 0 Å². The Balaban J connectivity index is 1.35. The second-order valence-corrected chi connectivity index (χ2v) is 10.9. The highest BCUT2D eigenvalue weighted by Crippen LogP contribution is 2.44. The first kappa shape index (κ1) is 23.8. The van der Waals surface area contributed by atoms with Crippen LogP contribution in [0, 0.1) is 18.8 Å². The minimum Gasteiger partial charge on any atom is -0.381 e. The Morgan fingerprint density at radius 2 is 1.97 bits per heavy atom. The highest BCUT2D eigenvalue weighted by Gasteiger charge is 2.48. The highest BCUT2D eigenvalue weighted by molar-refractivity contribution is 7.05. The van der Waals surface area contributed by atoms with Crippen LogP contribution in [0.5, 0.6) is 0 Å². The van der Waals surface area contributed by atoms with Gasteiger partial charge in [-0.3, -0.25) is 14.4 Å². The van der Waals surface area contributed by atoms with E-state index < -0.39 is 17.4 Å². The van der Waals surface area contributed by atoms with Crippen LogP contribution in [0.15, 0.2) is 12.3 Å². The Bertz CT molecular complexity index is 1140. The summed E-state index contributed by atoms with van der Waals surface area (Å²) in [6.45, 7) is 5.05. The van der Waals surface area contributed by atoms with Crippen LogP contribution in [0.3, 0.4) is 0 Å². The van der Waals surface area contributed by atoms with Gasteiger partial charge in [0.15, 0.2) is 5.69 Å². The third kappa shape index (κ3) is 4.54. The van der Waals surface area contributed by atoms with Gasteiger partial charge >= 0.3 is 0 Å². The van der Waals surface area contributed by atoms with Crippen molar-refractivity contribution in [3.63, 3.8) is 0 Å². The summed E-state index contributed by atoms with van der Waals surface area (Å²) in [6, 6.07) is 0.980. The molecule has 3 N–H and O–H groups in total. The van der Waals surface area contributed by atoms with Gasteiger partial charge in [-0.05, 0) is 56.0 Å². The van der Waals surface area contributed by atoms with Crippen LogP contribution in [0.1, 0.15) is 66.4 Å². The van der Waals surface area contributed by atoms with Crippen molar-refractivity contribution in [2.75, 3.05) is 23.8 Å². The van der Waals surface area contributed by atoms with Crippen LogP contribution in [-0.4, -0.2) is 51.5 Å². The number of nitrogens with zero attached hydrogens (tertiary/aromatic N) is 3. The summed E-state index contributed by atoms with van der Waals surface area (Å²) < 4.78 is 9.29. The second-order valence-electron chi connectivity index (χ2n) is 9.90. The Hall–Kier alpha value is -2.92. The molecule has 0 unspecified atom stereocenters. The number of carbonyl (C=O) groups is 3. The van der Waals surface area contributed by atoms with Crippen molar-refractivity contribution in [2.45, 2.75) is 63.8 Å². The molecule has 35 heavy (non-hydrogen) atoms. The van der Waals surface area contributed by atoms with Gasteiger partial charge in [-0.1, -0.05) is 24.3 Å². The molecule has 1 spiro atoms. The lowest BCUT2D eigenvalue weighted by atomic mass is 9.76. The number of aromatic nitrogens is 3. The van der Waals surface area contributed by atoms with E-state index in [4.69, 9.17) is 4.74 Å². The van der Waals surface area contributed by atoms with Gasteiger partial charge in [-0.25, -0.2) is 4.98 Å². The summed E-state index contributed by atoms with van der Waals surface area (Å²) in [5, 5.41) is 12.7. The molecule has 3 aliphatic rings. The number of pyridine rings is 1. The van der Waals surface area contributed by atoms with Gasteiger partial charge in [0.05, 0.1) is 16.0 Å². The van der Waals surface area contributed by atoms with Crippen molar-refractivity contribution in [1.29, 1.82) is 0 Å². The molecule has 0 aromatic carbocycles. The molecule has 1 aliphatic carbocycles. The van der Waals surface area contributed by atoms with E-state index in [0.717, 1.165) is 42.8 Å². The number of carbonyl (C=O) groups excluding carboxylic acids is 3. The van der Waals surface area contributed by atoms with Crippen LogP contribution >= 0.6 is 11.5 Å². The summed E-state index contributed by atoms with van der Waals surface area (Å²) in [6.07, 6.45) is 6.62. The average Bonchev–Trinajstić information content (AvgIpc) is 3.39. The first-order valence-electron chi connectivity index (χ1n) is 12.2. The standard InChI is InChI=1S/C24H30N6O4S/c1-13-3-5-15(6-4-13)20(28-21(31)19-14(2)35-30-29-19)22(32)27-18-11-17-16(12-25-18)24(23(33)26-17)7-9-34-10-8-24/h11-13,15,20H,3-10H2,1-2H3,(H,26,33)(H,28,31)(H,25,27,32)/t13?,15?,20-/m0/s1. The first-order valence-corrected chi connectivity index (χ1v) is 12.9. The molecular weight excluding hydrogens is 468 g/mol.